The number of aryl methyl sites for hydroxylation is 1. The highest BCUT2D eigenvalue weighted by Gasteiger charge is 2.13. The molecule has 39 heavy (non-hydrogen) atoms. The summed E-state index contributed by atoms with van der Waals surface area (Å²) in [5.74, 6) is 1.25. The third-order valence-electron chi connectivity index (χ3n) is 5.79. The molecule has 0 spiro atoms. The first kappa shape index (κ1) is 27.5. The molecule has 0 atom stereocenters. The standard InChI is InChI=1S/C32H27BrN2O4/c1-22-4-3-5-24(16-22)21-39-31-18-30(37-2)13-8-25(31)17-26(19-34)32(36)35-28-11-14-29(15-12-28)38-20-23-6-9-27(33)10-7-23/h3-18H,20-21H2,1-2H3,(H,35,36)/b26-17+. The van der Waals surface area contributed by atoms with Crippen LogP contribution in [0.5, 0.6) is 17.2 Å². The number of nitrogens with one attached hydrogen (secondary N) is 1. The van der Waals surface area contributed by atoms with Crippen molar-refractivity contribution in [1.82, 2.24) is 0 Å². The molecule has 4 rings (SSSR count). The van der Waals surface area contributed by atoms with Gasteiger partial charge < -0.3 is 19.5 Å². The molecule has 1 N–H and O–H groups in total. The van der Waals surface area contributed by atoms with Crippen LogP contribution in [0.2, 0.25) is 0 Å². The second-order valence-corrected chi connectivity index (χ2v) is 9.66. The van der Waals surface area contributed by atoms with E-state index < -0.39 is 5.91 Å². The van der Waals surface area contributed by atoms with Gasteiger partial charge >= 0.3 is 0 Å². The zero-order valence-corrected chi connectivity index (χ0v) is 23.2. The number of nitriles is 1. The van der Waals surface area contributed by atoms with Crippen LogP contribution < -0.4 is 19.5 Å². The highest BCUT2D eigenvalue weighted by atomic mass is 79.9. The van der Waals surface area contributed by atoms with E-state index in [1.54, 1.807) is 49.6 Å². The molecule has 4 aromatic carbocycles. The van der Waals surface area contributed by atoms with Gasteiger partial charge in [-0.05, 0) is 72.7 Å². The lowest BCUT2D eigenvalue weighted by molar-refractivity contribution is -0.112. The Morgan fingerprint density at radius 3 is 2.31 bits per heavy atom. The quantitative estimate of drug-likeness (QED) is 0.155. The van der Waals surface area contributed by atoms with E-state index in [-0.39, 0.29) is 5.57 Å². The van der Waals surface area contributed by atoms with Crippen molar-refractivity contribution in [1.29, 1.82) is 5.26 Å². The maximum atomic E-state index is 12.9. The zero-order chi connectivity index (χ0) is 27.6. The summed E-state index contributed by atoms with van der Waals surface area (Å²) in [6, 6.07) is 30.1. The number of rotatable bonds is 10. The number of amides is 1. The molecule has 0 radical (unpaired) electrons. The first-order chi connectivity index (χ1) is 18.9. The average Bonchev–Trinajstić information content (AvgIpc) is 2.95. The molecular weight excluding hydrogens is 556 g/mol. The number of hydrogen-bond donors (Lipinski definition) is 1. The van der Waals surface area contributed by atoms with Crippen LogP contribution in [0.4, 0.5) is 5.69 Å². The summed E-state index contributed by atoms with van der Waals surface area (Å²) >= 11 is 3.42. The Labute approximate surface area is 236 Å². The molecule has 196 valence electrons. The van der Waals surface area contributed by atoms with Crippen LogP contribution in [0.25, 0.3) is 6.08 Å². The van der Waals surface area contributed by atoms with Crippen LogP contribution in [-0.2, 0) is 18.0 Å². The molecule has 0 saturated carbocycles. The predicted octanol–water partition coefficient (Wildman–Crippen LogP) is 7.47. The van der Waals surface area contributed by atoms with Gasteiger partial charge in [-0.25, -0.2) is 0 Å². The van der Waals surface area contributed by atoms with E-state index in [9.17, 15) is 10.1 Å². The molecule has 0 aliphatic rings. The number of benzene rings is 4. The molecule has 0 unspecified atom stereocenters. The van der Waals surface area contributed by atoms with Crippen molar-refractivity contribution in [3.63, 3.8) is 0 Å². The summed E-state index contributed by atoms with van der Waals surface area (Å²) in [5, 5.41) is 12.5. The third-order valence-corrected chi connectivity index (χ3v) is 6.32. The summed E-state index contributed by atoms with van der Waals surface area (Å²) < 4.78 is 18.2. The van der Waals surface area contributed by atoms with Gasteiger partial charge in [-0.3, -0.25) is 4.79 Å². The lowest BCUT2D eigenvalue weighted by Crippen LogP contribution is -2.13. The first-order valence-electron chi connectivity index (χ1n) is 12.2. The first-order valence-corrected chi connectivity index (χ1v) is 13.0. The minimum absolute atomic E-state index is 0.0591. The van der Waals surface area contributed by atoms with Gasteiger partial charge in [-0.15, -0.1) is 0 Å². The molecule has 7 heteroatoms. The minimum Gasteiger partial charge on any atom is -0.497 e. The smallest absolute Gasteiger partial charge is 0.266 e. The van der Waals surface area contributed by atoms with E-state index in [4.69, 9.17) is 14.2 Å². The Morgan fingerprint density at radius 2 is 1.62 bits per heavy atom. The number of ether oxygens (including phenoxy) is 3. The van der Waals surface area contributed by atoms with E-state index >= 15 is 0 Å². The topological polar surface area (TPSA) is 80.6 Å². The predicted molar refractivity (Wildman–Crippen MR) is 156 cm³/mol. The number of hydrogen-bond acceptors (Lipinski definition) is 5. The maximum absolute atomic E-state index is 12.9. The van der Waals surface area contributed by atoms with Crippen molar-refractivity contribution < 1.29 is 19.0 Å². The van der Waals surface area contributed by atoms with Crippen LogP contribution >= 0.6 is 15.9 Å². The van der Waals surface area contributed by atoms with E-state index in [0.717, 1.165) is 21.2 Å². The fourth-order valence-electron chi connectivity index (χ4n) is 3.73. The number of nitrogens with zero attached hydrogens (tertiary/aromatic N) is 1. The highest BCUT2D eigenvalue weighted by molar-refractivity contribution is 9.10. The number of anilines is 1. The van der Waals surface area contributed by atoms with Crippen LogP contribution in [0.15, 0.2) is 101 Å². The van der Waals surface area contributed by atoms with Crippen molar-refractivity contribution in [3.8, 4) is 23.3 Å². The van der Waals surface area contributed by atoms with Gasteiger partial charge in [0, 0.05) is 21.8 Å². The van der Waals surface area contributed by atoms with Crippen molar-refractivity contribution in [3.05, 3.63) is 123 Å². The van der Waals surface area contributed by atoms with Crippen LogP contribution in [0, 0.1) is 18.3 Å². The summed E-state index contributed by atoms with van der Waals surface area (Å²) in [7, 11) is 1.57. The fraction of sp³-hybridized carbons (Fsp3) is 0.125. The normalized spacial score (nSPS) is 10.9. The third kappa shape index (κ3) is 7.97. The zero-order valence-electron chi connectivity index (χ0n) is 21.6. The molecule has 0 bridgehead atoms. The number of halogens is 1. The van der Waals surface area contributed by atoms with Gasteiger partial charge in [0.1, 0.15) is 42.1 Å². The molecule has 0 aliphatic heterocycles. The molecule has 4 aromatic rings. The molecule has 0 saturated heterocycles. The SMILES string of the molecule is COc1ccc(/C=C(\C#N)C(=O)Nc2ccc(OCc3ccc(Br)cc3)cc2)c(OCc2cccc(C)c2)c1. The average molecular weight is 583 g/mol. The molecule has 1 amide bonds. The molecule has 0 aliphatic carbocycles. The monoisotopic (exact) mass is 582 g/mol. The van der Waals surface area contributed by atoms with Gasteiger partial charge in [0.2, 0.25) is 0 Å². The van der Waals surface area contributed by atoms with Gasteiger partial charge in [-0.2, -0.15) is 5.26 Å². The molecule has 6 nitrogen and oxygen atoms in total. The Hall–Kier alpha value is -4.54. The Balaban J connectivity index is 1.44. The lowest BCUT2D eigenvalue weighted by atomic mass is 10.1. The van der Waals surface area contributed by atoms with Crippen LogP contribution in [-0.4, -0.2) is 13.0 Å². The molecular formula is C32H27BrN2O4. The van der Waals surface area contributed by atoms with E-state index in [2.05, 4.69) is 21.2 Å². The van der Waals surface area contributed by atoms with Gasteiger partial charge in [0.05, 0.1) is 7.11 Å². The van der Waals surface area contributed by atoms with Crippen molar-refractivity contribution in [2.45, 2.75) is 20.1 Å². The van der Waals surface area contributed by atoms with E-state index in [1.807, 2.05) is 61.5 Å². The Morgan fingerprint density at radius 1 is 0.897 bits per heavy atom. The molecule has 0 heterocycles. The van der Waals surface area contributed by atoms with Gasteiger partial charge in [0.25, 0.3) is 5.91 Å². The van der Waals surface area contributed by atoms with E-state index in [1.165, 1.54) is 6.08 Å². The Kier molecular flexibility index (Phi) is 9.39. The number of carbonyl (C=O) groups is 1. The van der Waals surface area contributed by atoms with Crippen molar-refractivity contribution in [2.24, 2.45) is 0 Å². The largest absolute Gasteiger partial charge is 0.497 e. The maximum Gasteiger partial charge on any atom is 0.266 e. The number of methoxy groups -OCH3 is 1. The summed E-state index contributed by atoms with van der Waals surface area (Å²) in [5.41, 5.74) is 4.26. The highest BCUT2D eigenvalue weighted by Crippen LogP contribution is 2.28. The number of carbonyl (C=O) groups excluding carboxylic acids is 1. The van der Waals surface area contributed by atoms with Crippen molar-refractivity contribution in [2.75, 3.05) is 12.4 Å². The summed E-state index contributed by atoms with van der Waals surface area (Å²) in [4.78, 5) is 12.9. The van der Waals surface area contributed by atoms with Crippen molar-refractivity contribution >= 4 is 33.6 Å². The van der Waals surface area contributed by atoms with E-state index in [0.29, 0.717) is 41.7 Å². The Bertz CT molecular complexity index is 1510. The minimum atomic E-state index is -0.526. The fourth-order valence-corrected chi connectivity index (χ4v) is 4.00. The van der Waals surface area contributed by atoms with Gasteiger partial charge in [-0.1, -0.05) is 57.9 Å². The summed E-state index contributed by atoms with van der Waals surface area (Å²) in [6.07, 6.45) is 1.51. The van der Waals surface area contributed by atoms with Crippen LogP contribution in [0.1, 0.15) is 22.3 Å². The lowest BCUT2D eigenvalue weighted by Gasteiger charge is -2.12. The van der Waals surface area contributed by atoms with Gasteiger partial charge in [0.15, 0.2) is 0 Å². The second kappa shape index (κ2) is 13.3. The molecule has 0 aromatic heterocycles. The summed E-state index contributed by atoms with van der Waals surface area (Å²) in [6.45, 7) is 2.78. The van der Waals surface area contributed by atoms with Crippen LogP contribution in [0.3, 0.4) is 0 Å². The second-order valence-electron chi connectivity index (χ2n) is 8.74. The molecule has 0 fully saturated rings.